The zero-order chi connectivity index (χ0) is 14.5. The lowest BCUT2D eigenvalue weighted by molar-refractivity contribution is -0.144. The average Bonchev–Trinajstić information content (AvgIpc) is 3.31. The molecule has 0 heterocycles. The fourth-order valence-electron chi connectivity index (χ4n) is 2.52. The Kier molecular flexibility index (Phi) is 5.15. The van der Waals surface area contributed by atoms with Crippen LogP contribution in [0, 0.1) is 5.92 Å². The third-order valence-electron chi connectivity index (χ3n) is 4.05. The van der Waals surface area contributed by atoms with E-state index < -0.39 is 6.10 Å². The Bertz CT molecular complexity index is 427. The van der Waals surface area contributed by atoms with Crippen molar-refractivity contribution in [2.75, 3.05) is 13.7 Å². The second-order valence-electron chi connectivity index (χ2n) is 5.49. The SMILES string of the molecule is COC(CN)C(=O)N(Cc1ccccc1)C(C)C1CC1. The smallest absolute Gasteiger partial charge is 0.253 e. The van der Waals surface area contributed by atoms with Crippen molar-refractivity contribution in [1.29, 1.82) is 0 Å². The topological polar surface area (TPSA) is 55.6 Å². The maximum atomic E-state index is 12.6. The second-order valence-corrected chi connectivity index (χ2v) is 5.49. The number of ether oxygens (including phenoxy) is 1. The number of carbonyl (C=O) groups is 1. The largest absolute Gasteiger partial charge is 0.370 e. The maximum absolute atomic E-state index is 12.6. The van der Waals surface area contributed by atoms with Crippen molar-refractivity contribution < 1.29 is 9.53 Å². The number of benzene rings is 1. The predicted molar refractivity (Wildman–Crippen MR) is 79.0 cm³/mol. The quantitative estimate of drug-likeness (QED) is 0.826. The lowest BCUT2D eigenvalue weighted by Gasteiger charge is -2.32. The Morgan fingerprint density at radius 2 is 2.05 bits per heavy atom. The number of amides is 1. The monoisotopic (exact) mass is 276 g/mol. The van der Waals surface area contributed by atoms with E-state index in [4.69, 9.17) is 10.5 Å². The highest BCUT2D eigenvalue weighted by Gasteiger charge is 2.36. The Balaban J connectivity index is 2.13. The molecule has 1 aliphatic carbocycles. The molecule has 0 spiro atoms. The Labute approximate surface area is 120 Å². The minimum Gasteiger partial charge on any atom is -0.370 e. The summed E-state index contributed by atoms with van der Waals surface area (Å²) >= 11 is 0. The van der Waals surface area contributed by atoms with Crippen LogP contribution in [0.5, 0.6) is 0 Å². The predicted octanol–water partition coefficient (Wildman–Crippen LogP) is 1.79. The Morgan fingerprint density at radius 1 is 1.40 bits per heavy atom. The van der Waals surface area contributed by atoms with Gasteiger partial charge in [0.25, 0.3) is 5.91 Å². The van der Waals surface area contributed by atoms with Gasteiger partial charge in [-0.3, -0.25) is 4.79 Å². The summed E-state index contributed by atoms with van der Waals surface area (Å²) in [7, 11) is 1.54. The fourth-order valence-corrected chi connectivity index (χ4v) is 2.52. The third-order valence-corrected chi connectivity index (χ3v) is 4.05. The highest BCUT2D eigenvalue weighted by molar-refractivity contribution is 5.81. The number of rotatable bonds is 7. The number of hydrogen-bond donors (Lipinski definition) is 1. The van der Waals surface area contributed by atoms with Gasteiger partial charge in [-0.25, -0.2) is 0 Å². The van der Waals surface area contributed by atoms with Crippen LogP contribution in [0.4, 0.5) is 0 Å². The molecule has 0 aromatic heterocycles. The molecule has 4 heteroatoms. The van der Waals surface area contributed by atoms with E-state index in [0.29, 0.717) is 12.5 Å². The maximum Gasteiger partial charge on any atom is 0.253 e. The molecule has 2 rings (SSSR count). The van der Waals surface area contributed by atoms with Gasteiger partial charge in [-0.1, -0.05) is 30.3 Å². The van der Waals surface area contributed by atoms with Crippen molar-refractivity contribution in [1.82, 2.24) is 4.90 Å². The number of nitrogens with zero attached hydrogens (tertiary/aromatic N) is 1. The molecule has 0 radical (unpaired) electrons. The van der Waals surface area contributed by atoms with Crippen LogP contribution in [-0.2, 0) is 16.1 Å². The van der Waals surface area contributed by atoms with Crippen molar-refractivity contribution in [3.05, 3.63) is 35.9 Å². The minimum atomic E-state index is -0.542. The molecule has 1 fully saturated rings. The van der Waals surface area contributed by atoms with Crippen molar-refractivity contribution in [3.63, 3.8) is 0 Å². The highest BCUT2D eigenvalue weighted by Crippen LogP contribution is 2.36. The van der Waals surface area contributed by atoms with Crippen LogP contribution in [0.1, 0.15) is 25.3 Å². The number of nitrogens with two attached hydrogens (primary N) is 1. The molecule has 0 aliphatic heterocycles. The van der Waals surface area contributed by atoms with Gasteiger partial charge in [-0.15, -0.1) is 0 Å². The van der Waals surface area contributed by atoms with E-state index in [1.54, 1.807) is 0 Å². The molecule has 1 aromatic carbocycles. The van der Waals surface area contributed by atoms with E-state index in [1.165, 1.54) is 20.0 Å². The summed E-state index contributed by atoms with van der Waals surface area (Å²) in [5, 5.41) is 0. The summed E-state index contributed by atoms with van der Waals surface area (Å²) in [5.41, 5.74) is 6.77. The summed E-state index contributed by atoms with van der Waals surface area (Å²) in [4.78, 5) is 14.5. The highest BCUT2D eigenvalue weighted by atomic mass is 16.5. The number of carbonyl (C=O) groups excluding carboxylic acids is 1. The fraction of sp³-hybridized carbons (Fsp3) is 0.562. The summed E-state index contributed by atoms with van der Waals surface area (Å²) in [6, 6.07) is 10.3. The van der Waals surface area contributed by atoms with Gasteiger partial charge in [0.2, 0.25) is 0 Å². The van der Waals surface area contributed by atoms with E-state index in [0.717, 1.165) is 5.56 Å². The molecule has 2 unspecified atom stereocenters. The van der Waals surface area contributed by atoms with Gasteiger partial charge in [0, 0.05) is 26.2 Å². The molecule has 20 heavy (non-hydrogen) atoms. The number of hydrogen-bond acceptors (Lipinski definition) is 3. The van der Waals surface area contributed by atoms with Crippen molar-refractivity contribution in [3.8, 4) is 0 Å². The lowest BCUT2D eigenvalue weighted by atomic mass is 10.1. The van der Waals surface area contributed by atoms with E-state index >= 15 is 0 Å². The Morgan fingerprint density at radius 3 is 2.55 bits per heavy atom. The van der Waals surface area contributed by atoms with Crippen LogP contribution in [0.15, 0.2) is 30.3 Å². The molecule has 1 saturated carbocycles. The molecular formula is C16H24N2O2. The zero-order valence-electron chi connectivity index (χ0n) is 12.3. The molecule has 1 amide bonds. The summed E-state index contributed by atoms with van der Waals surface area (Å²) < 4.78 is 5.21. The van der Waals surface area contributed by atoms with Crippen LogP contribution in [0.3, 0.4) is 0 Å². The second kappa shape index (κ2) is 6.86. The Hall–Kier alpha value is -1.39. The summed E-state index contributed by atoms with van der Waals surface area (Å²) in [6.45, 7) is 2.97. The number of methoxy groups -OCH3 is 1. The molecule has 1 aromatic rings. The van der Waals surface area contributed by atoms with E-state index in [-0.39, 0.29) is 18.5 Å². The van der Waals surface area contributed by atoms with Crippen LogP contribution in [-0.4, -0.2) is 36.6 Å². The third kappa shape index (κ3) is 3.58. The van der Waals surface area contributed by atoms with Crippen molar-refractivity contribution in [2.45, 2.75) is 38.5 Å². The van der Waals surface area contributed by atoms with E-state index in [2.05, 4.69) is 6.92 Å². The first kappa shape index (κ1) is 15.0. The first-order chi connectivity index (χ1) is 9.67. The van der Waals surface area contributed by atoms with Crippen molar-refractivity contribution >= 4 is 5.91 Å². The molecule has 1 aliphatic rings. The standard InChI is InChI=1S/C16H24N2O2/c1-12(14-8-9-14)18(16(19)15(10-17)20-2)11-13-6-4-3-5-7-13/h3-7,12,14-15H,8-11,17H2,1-2H3. The van der Waals surface area contributed by atoms with Gasteiger partial charge in [-0.2, -0.15) is 0 Å². The molecule has 0 bridgehead atoms. The van der Waals surface area contributed by atoms with E-state index in [1.807, 2.05) is 35.2 Å². The van der Waals surface area contributed by atoms with Gasteiger partial charge >= 0.3 is 0 Å². The molecule has 110 valence electrons. The van der Waals surface area contributed by atoms with Gasteiger partial charge in [0.15, 0.2) is 0 Å². The summed E-state index contributed by atoms with van der Waals surface area (Å²) in [5.74, 6) is 0.621. The molecule has 2 N–H and O–H groups in total. The van der Waals surface area contributed by atoms with Crippen molar-refractivity contribution in [2.24, 2.45) is 11.7 Å². The minimum absolute atomic E-state index is 0.00162. The van der Waals surface area contributed by atoms with Gasteiger partial charge in [-0.05, 0) is 31.2 Å². The van der Waals surface area contributed by atoms with E-state index in [9.17, 15) is 4.79 Å². The molecule has 2 atom stereocenters. The zero-order valence-corrected chi connectivity index (χ0v) is 12.3. The van der Waals surface area contributed by atoms with Gasteiger partial charge < -0.3 is 15.4 Å². The van der Waals surface area contributed by atoms with Crippen LogP contribution >= 0.6 is 0 Å². The lowest BCUT2D eigenvalue weighted by Crippen LogP contribution is -2.47. The van der Waals surface area contributed by atoms with Gasteiger partial charge in [0.1, 0.15) is 6.10 Å². The molecule has 4 nitrogen and oxygen atoms in total. The first-order valence-corrected chi connectivity index (χ1v) is 7.24. The average molecular weight is 276 g/mol. The van der Waals surface area contributed by atoms with Gasteiger partial charge in [0.05, 0.1) is 0 Å². The molecular weight excluding hydrogens is 252 g/mol. The first-order valence-electron chi connectivity index (χ1n) is 7.24. The molecule has 0 saturated heterocycles. The normalized spacial score (nSPS) is 17.6. The summed E-state index contributed by atoms with van der Waals surface area (Å²) in [6.07, 6.45) is 1.87. The van der Waals surface area contributed by atoms with Crippen LogP contribution < -0.4 is 5.73 Å². The van der Waals surface area contributed by atoms with Crippen LogP contribution in [0.2, 0.25) is 0 Å². The van der Waals surface area contributed by atoms with Crippen LogP contribution in [0.25, 0.3) is 0 Å².